The van der Waals surface area contributed by atoms with Crippen molar-refractivity contribution < 1.29 is 13.2 Å². The lowest BCUT2D eigenvalue weighted by atomic mass is 10.4. The van der Waals surface area contributed by atoms with Crippen molar-refractivity contribution in [2.75, 3.05) is 0 Å². The molecule has 1 aliphatic rings. The molecule has 0 atom stereocenters. The Bertz CT molecular complexity index is 516. The van der Waals surface area contributed by atoms with Crippen molar-refractivity contribution in [3.05, 3.63) is 18.0 Å². The number of amides is 1. The van der Waals surface area contributed by atoms with E-state index in [1.165, 1.54) is 12.3 Å². The van der Waals surface area contributed by atoms with Crippen LogP contribution in [0.3, 0.4) is 0 Å². The van der Waals surface area contributed by atoms with Crippen LogP contribution in [0.1, 0.15) is 29.4 Å². The highest BCUT2D eigenvalue weighted by Gasteiger charge is 2.29. The van der Waals surface area contributed by atoms with Gasteiger partial charge in [-0.2, -0.15) is 0 Å². The van der Waals surface area contributed by atoms with E-state index in [9.17, 15) is 13.2 Å². The summed E-state index contributed by atoms with van der Waals surface area (Å²) in [6, 6.07) is 1.39. The molecular weight excluding hydrogens is 240 g/mol. The molecule has 1 saturated carbocycles. The predicted octanol–water partition coefficient (Wildman–Crippen LogP) is 0.849. The fraction of sp³-hybridized carbons (Fsp3) is 0.375. The van der Waals surface area contributed by atoms with E-state index in [2.05, 4.69) is 0 Å². The van der Waals surface area contributed by atoms with Crippen molar-refractivity contribution in [3.63, 3.8) is 0 Å². The number of carbonyl (C=O) groups is 1. The third kappa shape index (κ3) is 2.00. The third-order valence-electron chi connectivity index (χ3n) is 2.30. The number of rotatable bonds is 3. The van der Waals surface area contributed by atoms with Crippen LogP contribution >= 0.6 is 10.7 Å². The van der Waals surface area contributed by atoms with Crippen LogP contribution in [-0.2, 0) is 9.05 Å². The van der Waals surface area contributed by atoms with E-state index < -0.39 is 15.0 Å². The SMILES string of the molecule is NC(=O)c1cc(S(=O)(=O)Cl)cn1C1CC1. The molecule has 0 spiro atoms. The zero-order valence-corrected chi connectivity index (χ0v) is 9.25. The molecule has 5 nitrogen and oxygen atoms in total. The van der Waals surface area contributed by atoms with Gasteiger partial charge in [-0.1, -0.05) is 0 Å². The Kier molecular flexibility index (Phi) is 2.27. The summed E-state index contributed by atoms with van der Waals surface area (Å²) in [6.45, 7) is 0. The first-order valence-electron chi connectivity index (χ1n) is 4.36. The van der Waals surface area contributed by atoms with Crippen LogP contribution < -0.4 is 5.73 Å². The van der Waals surface area contributed by atoms with Crippen molar-refractivity contribution in [1.29, 1.82) is 0 Å². The number of halogens is 1. The molecule has 0 saturated heterocycles. The summed E-state index contributed by atoms with van der Waals surface area (Å²) in [5.74, 6) is -0.645. The Morgan fingerprint density at radius 1 is 1.53 bits per heavy atom. The van der Waals surface area contributed by atoms with Gasteiger partial charge >= 0.3 is 0 Å². The van der Waals surface area contributed by atoms with Gasteiger partial charge in [-0.3, -0.25) is 4.79 Å². The normalized spacial score (nSPS) is 16.6. The Morgan fingerprint density at radius 3 is 2.53 bits per heavy atom. The van der Waals surface area contributed by atoms with Gasteiger partial charge in [0.1, 0.15) is 10.6 Å². The zero-order valence-electron chi connectivity index (χ0n) is 7.68. The molecule has 82 valence electrons. The average molecular weight is 249 g/mol. The molecule has 15 heavy (non-hydrogen) atoms. The van der Waals surface area contributed by atoms with E-state index in [1.807, 2.05) is 0 Å². The Hall–Kier alpha value is -1.01. The van der Waals surface area contributed by atoms with Crippen molar-refractivity contribution >= 4 is 25.6 Å². The summed E-state index contributed by atoms with van der Waals surface area (Å²) in [5.41, 5.74) is 5.33. The van der Waals surface area contributed by atoms with Crippen LogP contribution in [0.25, 0.3) is 0 Å². The Labute approximate surface area is 91.2 Å². The summed E-state index contributed by atoms with van der Waals surface area (Å²) < 4.78 is 23.7. The van der Waals surface area contributed by atoms with Crippen LogP contribution in [0, 0.1) is 0 Å². The van der Waals surface area contributed by atoms with Gasteiger partial charge in [0.25, 0.3) is 15.0 Å². The zero-order chi connectivity index (χ0) is 11.2. The molecule has 0 aliphatic heterocycles. The van der Waals surface area contributed by atoms with Gasteiger partial charge in [-0.15, -0.1) is 0 Å². The number of aromatic nitrogens is 1. The van der Waals surface area contributed by atoms with Crippen LogP contribution in [0.5, 0.6) is 0 Å². The molecule has 0 aromatic carbocycles. The van der Waals surface area contributed by atoms with Gasteiger partial charge in [0.15, 0.2) is 0 Å². The molecule has 2 N–H and O–H groups in total. The molecule has 7 heteroatoms. The molecule has 1 amide bonds. The van der Waals surface area contributed by atoms with Crippen molar-refractivity contribution in [1.82, 2.24) is 4.57 Å². The minimum absolute atomic E-state index is 0.0788. The lowest BCUT2D eigenvalue weighted by Gasteiger charge is -2.02. The molecule has 1 aromatic rings. The number of carbonyl (C=O) groups excluding carboxylic acids is 1. The average Bonchev–Trinajstić information content (AvgIpc) is 2.81. The highest BCUT2D eigenvalue weighted by Crippen LogP contribution is 2.37. The summed E-state index contributed by atoms with van der Waals surface area (Å²) >= 11 is 0. The smallest absolute Gasteiger partial charge is 0.265 e. The van der Waals surface area contributed by atoms with Gasteiger partial charge < -0.3 is 10.3 Å². The summed E-state index contributed by atoms with van der Waals surface area (Å²) in [6.07, 6.45) is 3.22. The topological polar surface area (TPSA) is 82.2 Å². The molecule has 0 radical (unpaired) electrons. The molecule has 1 fully saturated rings. The summed E-state index contributed by atoms with van der Waals surface area (Å²) in [7, 11) is 1.38. The summed E-state index contributed by atoms with van der Waals surface area (Å²) in [4.78, 5) is 11.0. The Balaban J connectivity index is 2.54. The maximum Gasteiger partial charge on any atom is 0.265 e. The number of nitrogens with two attached hydrogens (primary N) is 1. The first-order valence-corrected chi connectivity index (χ1v) is 6.67. The van der Waals surface area contributed by atoms with E-state index in [0.29, 0.717) is 0 Å². The van der Waals surface area contributed by atoms with Crippen LogP contribution in [0.15, 0.2) is 17.2 Å². The van der Waals surface area contributed by atoms with Gasteiger partial charge in [-0.05, 0) is 18.9 Å². The van der Waals surface area contributed by atoms with E-state index in [1.54, 1.807) is 4.57 Å². The molecule has 0 unspecified atom stereocenters. The van der Waals surface area contributed by atoms with Crippen molar-refractivity contribution in [2.24, 2.45) is 5.73 Å². The maximum atomic E-state index is 11.1. The number of hydrogen-bond donors (Lipinski definition) is 1. The molecule has 1 heterocycles. The standard InChI is InChI=1S/C8H9ClN2O3S/c9-15(13,14)6-3-7(8(10)12)11(4-6)5-1-2-5/h3-5H,1-2H2,(H2,10,12). The van der Waals surface area contributed by atoms with Gasteiger partial charge in [0.05, 0.1) is 0 Å². The largest absolute Gasteiger partial charge is 0.364 e. The van der Waals surface area contributed by atoms with Crippen LogP contribution in [-0.4, -0.2) is 18.9 Å². The Morgan fingerprint density at radius 2 is 2.13 bits per heavy atom. The molecule has 1 aromatic heterocycles. The fourth-order valence-electron chi connectivity index (χ4n) is 1.44. The van der Waals surface area contributed by atoms with Gasteiger partial charge in [0.2, 0.25) is 0 Å². The lowest BCUT2D eigenvalue weighted by molar-refractivity contribution is 0.0991. The van der Waals surface area contributed by atoms with Crippen molar-refractivity contribution in [3.8, 4) is 0 Å². The summed E-state index contributed by atoms with van der Waals surface area (Å²) in [5, 5.41) is 0. The van der Waals surface area contributed by atoms with Gasteiger partial charge in [0, 0.05) is 22.9 Å². The van der Waals surface area contributed by atoms with E-state index >= 15 is 0 Å². The van der Waals surface area contributed by atoms with E-state index in [-0.39, 0.29) is 16.6 Å². The van der Waals surface area contributed by atoms with E-state index in [0.717, 1.165) is 12.8 Å². The predicted molar refractivity (Wildman–Crippen MR) is 54.3 cm³/mol. The molecular formula is C8H9ClN2O3S. The molecule has 1 aliphatic carbocycles. The van der Waals surface area contributed by atoms with E-state index in [4.69, 9.17) is 16.4 Å². The fourth-order valence-corrected chi connectivity index (χ4v) is 2.18. The highest BCUT2D eigenvalue weighted by atomic mass is 35.7. The van der Waals surface area contributed by atoms with Crippen LogP contribution in [0.2, 0.25) is 0 Å². The second-order valence-corrected chi connectivity index (χ2v) is 6.07. The number of nitrogens with zero attached hydrogens (tertiary/aromatic N) is 1. The number of primary amides is 1. The second kappa shape index (κ2) is 3.24. The molecule has 0 bridgehead atoms. The maximum absolute atomic E-state index is 11.1. The first kappa shape index (κ1) is 10.5. The van der Waals surface area contributed by atoms with Crippen molar-refractivity contribution in [2.45, 2.75) is 23.8 Å². The monoisotopic (exact) mass is 248 g/mol. The van der Waals surface area contributed by atoms with Crippen LogP contribution in [0.4, 0.5) is 0 Å². The number of hydrogen-bond acceptors (Lipinski definition) is 3. The second-order valence-electron chi connectivity index (χ2n) is 3.50. The lowest BCUT2D eigenvalue weighted by Crippen LogP contribution is -2.15. The minimum atomic E-state index is -3.80. The first-order chi connectivity index (χ1) is 6.89. The third-order valence-corrected chi connectivity index (χ3v) is 3.62. The molecule has 2 rings (SSSR count). The minimum Gasteiger partial charge on any atom is -0.364 e. The highest BCUT2D eigenvalue weighted by molar-refractivity contribution is 8.13. The van der Waals surface area contributed by atoms with Gasteiger partial charge in [-0.25, -0.2) is 8.42 Å². The quantitative estimate of drug-likeness (QED) is 0.805.